The topological polar surface area (TPSA) is 198 Å². The van der Waals surface area contributed by atoms with Crippen LogP contribution in [-0.4, -0.2) is 79.0 Å². The lowest BCUT2D eigenvalue weighted by Crippen LogP contribution is -2.60. The molecule has 1 aromatic carbocycles. The van der Waals surface area contributed by atoms with Gasteiger partial charge in [-0.1, -0.05) is 18.2 Å². The Balaban J connectivity index is 2.09. The van der Waals surface area contributed by atoms with Crippen LogP contribution in [0.5, 0.6) is 0 Å². The van der Waals surface area contributed by atoms with Gasteiger partial charge in [-0.2, -0.15) is 4.72 Å². The number of piperidine rings is 1. The molecule has 1 aromatic rings. The van der Waals surface area contributed by atoms with Crippen molar-refractivity contribution in [1.82, 2.24) is 20.3 Å². The predicted molar refractivity (Wildman–Crippen MR) is 140 cm³/mol. The zero-order chi connectivity index (χ0) is 28.7. The number of benzene rings is 1. The number of hydrogen-bond acceptors (Lipinski definition) is 7. The van der Waals surface area contributed by atoms with Crippen molar-refractivity contribution in [3.63, 3.8) is 0 Å². The van der Waals surface area contributed by atoms with Crippen molar-refractivity contribution in [2.24, 2.45) is 10.8 Å². The van der Waals surface area contributed by atoms with E-state index in [1.807, 2.05) is 0 Å². The van der Waals surface area contributed by atoms with E-state index < -0.39 is 50.6 Å². The number of amides is 2. The monoisotopic (exact) mass is 555 g/mol. The van der Waals surface area contributed by atoms with Crippen LogP contribution in [-0.2, 0) is 24.3 Å². The summed E-state index contributed by atoms with van der Waals surface area (Å²) in [5.74, 6) is -1.50. The zero-order valence-corrected chi connectivity index (χ0v) is 23.0. The molecule has 1 saturated heterocycles. The molecule has 38 heavy (non-hydrogen) atoms. The SMILES string of the molecule is CC1C(NC(=O)[C@H](C)NC(=O)[C@@H](COC(C)(C)C)NS(=O)(=O)c2ccccc2)CCCN1/C(N)=N/[N+](=O)[O-]. The first kappa shape index (κ1) is 30.9. The van der Waals surface area contributed by atoms with Gasteiger partial charge in [0.1, 0.15) is 17.2 Å². The number of nitrogens with two attached hydrogens (primary N) is 1. The van der Waals surface area contributed by atoms with Gasteiger partial charge in [-0.3, -0.25) is 9.59 Å². The first-order valence-corrected chi connectivity index (χ1v) is 13.7. The lowest BCUT2D eigenvalue weighted by atomic mass is 9.97. The molecule has 14 nitrogen and oxygen atoms in total. The number of rotatable bonds is 10. The van der Waals surface area contributed by atoms with Crippen LogP contribution in [0.2, 0.25) is 0 Å². The number of nitrogens with zero attached hydrogens (tertiary/aromatic N) is 3. The fraction of sp³-hybridized carbons (Fsp3) is 0.609. The molecular weight excluding hydrogens is 518 g/mol. The molecule has 0 spiro atoms. The molecule has 2 rings (SSSR count). The highest BCUT2D eigenvalue weighted by atomic mass is 32.2. The number of likely N-dealkylation sites (tertiary alicyclic amines) is 1. The summed E-state index contributed by atoms with van der Waals surface area (Å²) in [7, 11) is -4.05. The number of sulfonamides is 1. The van der Waals surface area contributed by atoms with E-state index >= 15 is 0 Å². The van der Waals surface area contributed by atoms with Crippen LogP contribution >= 0.6 is 0 Å². The Hall–Kier alpha value is -3.30. The summed E-state index contributed by atoms with van der Waals surface area (Å²) < 4.78 is 33.7. The normalized spacial score (nSPS) is 20.3. The Kier molecular flexibility index (Phi) is 10.6. The molecule has 0 bridgehead atoms. The third-order valence-corrected chi connectivity index (χ3v) is 7.38. The number of carbonyl (C=O) groups is 2. The summed E-state index contributed by atoms with van der Waals surface area (Å²) in [5, 5.41) is 18.3. The lowest BCUT2D eigenvalue weighted by molar-refractivity contribution is -0.485. The van der Waals surface area contributed by atoms with Gasteiger partial charge in [0.15, 0.2) is 5.03 Å². The van der Waals surface area contributed by atoms with E-state index in [1.54, 1.807) is 50.8 Å². The van der Waals surface area contributed by atoms with Crippen LogP contribution in [0.3, 0.4) is 0 Å². The molecule has 0 aromatic heterocycles. The van der Waals surface area contributed by atoms with Crippen molar-refractivity contribution in [1.29, 1.82) is 0 Å². The van der Waals surface area contributed by atoms with Crippen molar-refractivity contribution < 1.29 is 27.8 Å². The number of nitro groups is 1. The maximum absolute atomic E-state index is 13.1. The summed E-state index contributed by atoms with van der Waals surface area (Å²) in [6.45, 7) is 8.70. The van der Waals surface area contributed by atoms with Crippen molar-refractivity contribution in [3.05, 3.63) is 40.4 Å². The molecule has 1 aliphatic rings. The number of carbonyl (C=O) groups excluding carboxylic acids is 2. The van der Waals surface area contributed by atoms with Crippen molar-refractivity contribution in [2.75, 3.05) is 13.2 Å². The minimum atomic E-state index is -4.05. The number of guanidine groups is 1. The van der Waals surface area contributed by atoms with Gasteiger partial charge in [-0.05, 0) is 59.6 Å². The highest BCUT2D eigenvalue weighted by Gasteiger charge is 2.34. The first-order chi connectivity index (χ1) is 17.6. The largest absolute Gasteiger partial charge is 0.374 e. The maximum Gasteiger partial charge on any atom is 0.269 e. The van der Waals surface area contributed by atoms with Crippen LogP contribution in [0, 0.1) is 10.1 Å². The van der Waals surface area contributed by atoms with E-state index in [1.165, 1.54) is 19.1 Å². The second kappa shape index (κ2) is 13.0. The summed E-state index contributed by atoms with van der Waals surface area (Å²) in [4.78, 5) is 38.2. The Morgan fingerprint density at radius 1 is 1.26 bits per heavy atom. The number of ether oxygens (including phenoxy) is 1. The molecule has 5 N–H and O–H groups in total. The second-order valence-electron chi connectivity index (χ2n) is 10.0. The quantitative estimate of drug-likeness (QED) is 0.134. The van der Waals surface area contributed by atoms with E-state index in [-0.39, 0.29) is 23.5 Å². The molecular formula is C23H37N7O7S. The number of hydrazone groups is 1. The smallest absolute Gasteiger partial charge is 0.269 e. The fourth-order valence-electron chi connectivity index (χ4n) is 3.84. The van der Waals surface area contributed by atoms with Crippen LogP contribution in [0.15, 0.2) is 40.3 Å². The second-order valence-corrected chi connectivity index (χ2v) is 11.7. The summed E-state index contributed by atoms with van der Waals surface area (Å²) in [6, 6.07) is 4.47. The first-order valence-electron chi connectivity index (χ1n) is 12.2. The van der Waals surface area contributed by atoms with Crippen molar-refractivity contribution in [3.8, 4) is 0 Å². The van der Waals surface area contributed by atoms with Crippen LogP contribution in [0.4, 0.5) is 0 Å². The van der Waals surface area contributed by atoms with Crippen molar-refractivity contribution >= 4 is 27.8 Å². The Labute approximate surface area is 222 Å². The van der Waals surface area contributed by atoms with Gasteiger partial charge in [-0.15, -0.1) is 0 Å². The van der Waals surface area contributed by atoms with Gasteiger partial charge in [0.05, 0.1) is 17.1 Å². The van der Waals surface area contributed by atoms with Crippen LogP contribution in [0.1, 0.15) is 47.5 Å². The summed E-state index contributed by atoms with van der Waals surface area (Å²) >= 11 is 0. The lowest BCUT2D eigenvalue weighted by Gasteiger charge is -2.39. The highest BCUT2D eigenvalue weighted by molar-refractivity contribution is 7.89. The Morgan fingerprint density at radius 3 is 2.47 bits per heavy atom. The van der Waals surface area contributed by atoms with Crippen LogP contribution < -0.4 is 21.1 Å². The number of hydrogen-bond donors (Lipinski definition) is 4. The van der Waals surface area contributed by atoms with Gasteiger partial charge >= 0.3 is 0 Å². The third kappa shape index (κ3) is 9.22. The van der Waals surface area contributed by atoms with E-state index in [9.17, 15) is 28.1 Å². The average molecular weight is 556 g/mol. The van der Waals surface area contributed by atoms with E-state index in [4.69, 9.17) is 10.5 Å². The molecule has 15 heteroatoms. The molecule has 2 amide bonds. The molecule has 0 saturated carbocycles. The zero-order valence-electron chi connectivity index (χ0n) is 22.2. The van der Waals surface area contributed by atoms with E-state index in [0.717, 1.165) is 0 Å². The van der Waals surface area contributed by atoms with Gasteiger partial charge < -0.3 is 26.0 Å². The Bertz CT molecular complexity index is 1120. The van der Waals surface area contributed by atoms with Gasteiger partial charge in [-0.25, -0.2) is 18.5 Å². The predicted octanol–water partition coefficient (Wildman–Crippen LogP) is 0.129. The highest BCUT2D eigenvalue weighted by Crippen LogP contribution is 2.18. The average Bonchev–Trinajstić information content (AvgIpc) is 2.82. The van der Waals surface area contributed by atoms with E-state index in [2.05, 4.69) is 20.5 Å². The molecule has 2 unspecified atom stereocenters. The molecule has 4 atom stereocenters. The third-order valence-electron chi connectivity index (χ3n) is 5.90. The number of nitrogens with one attached hydrogen (secondary N) is 3. The standard InChI is InChI=1S/C23H37N7O7S/c1-15(20(31)26-18-12-9-13-29(16(18)2)22(24)27-30(33)34)25-21(32)19(14-37-23(3,4)5)28-38(35,36)17-10-7-6-8-11-17/h6-8,10-11,15-16,18-19,28H,9,12-14H2,1-5H3,(H2,24,27)(H,25,32)(H,26,31)/t15-,16?,18?,19+/m0/s1. The molecule has 1 fully saturated rings. The maximum atomic E-state index is 13.1. The van der Waals surface area contributed by atoms with Gasteiger partial charge in [0.2, 0.25) is 21.8 Å². The molecule has 0 radical (unpaired) electrons. The molecule has 0 aliphatic carbocycles. The van der Waals surface area contributed by atoms with Crippen molar-refractivity contribution in [2.45, 2.75) is 82.1 Å². The van der Waals surface area contributed by atoms with Crippen LogP contribution in [0.25, 0.3) is 0 Å². The van der Waals surface area contributed by atoms with E-state index in [0.29, 0.717) is 19.4 Å². The molecule has 1 aliphatic heterocycles. The minimum Gasteiger partial charge on any atom is -0.374 e. The summed E-state index contributed by atoms with van der Waals surface area (Å²) in [6.07, 6.45) is 1.20. The molecule has 212 valence electrons. The van der Waals surface area contributed by atoms with Gasteiger partial charge in [0, 0.05) is 18.6 Å². The summed E-state index contributed by atoms with van der Waals surface area (Å²) in [5.41, 5.74) is 5.09. The fourth-order valence-corrected chi connectivity index (χ4v) is 5.04. The molecule has 1 heterocycles. The van der Waals surface area contributed by atoms with Gasteiger partial charge in [0.25, 0.3) is 5.96 Å². The Morgan fingerprint density at radius 2 is 1.89 bits per heavy atom. The minimum absolute atomic E-state index is 0.0184.